The Morgan fingerprint density at radius 1 is 1.21 bits per heavy atom. The quantitative estimate of drug-likeness (QED) is 0.551. The third kappa shape index (κ3) is 1.59. The predicted octanol–water partition coefficient (Wildman–Crippen LogP) is 3.27. The van der Waals surface area contributed by atoms with Crippen molar-refractivity contribution >= 4 is 39.3 Å². The monoisotopic (exact) mass is 225 g/mol. The minimum Gasteiger partial charge on any atom is -0.276 e. The lowest BCUT2D eigenvalue weighted by atomic mass is 10.1. The van der Waals surface area contributed by atoms with Crippen LogP contribution in [-0.2, 0) is 0 Å². The fraction of sp³-hybridized carbons (Fsp3) is 0. The van der Waals surface area contributed by atoms with E-state index in [0.29, 0.717) is 16.2 Å². The van der Waals surface area contributed by atoms with Crippen LogP contribution in [0.3, 0.4) is 0 Å². The van der Waals surface area contributed by atoms with Gasteiger partial charge in [-0.25, -0.2) is 4.98 Å². The maximum atomic E-state index is 11.0. The molecule has 0 unspecified atom stereocenters. The molecule has 0 atom stereocenters. The highest BCUT2D eigenvalue weighted by atomic mass is 35.5. The molecule has 2 nitrogen and oxygen atoms in total. The first-order valence-corrected chi connectivity index (χ1v) is 4.69. The lowest BCUT2D eigenvalue weighted by Gasteiger charge is -2.01. The first-order valence-electron chi connectivity index (χ1n) is 3.93. The molecule has 0 radical (unpaired) electrons. The predicted molar refractivity (Wildman–Crippen MR) is 56.9 cm³/mol. The van der Waals surface area contributed by atoms with Gasteiger partial charge in [0.1, 0.15) is 5.15 Å². The van der Waals surface area contributed by atoms with Crippen molar-refractivity contribution in [1.29, 1.82) is 0 Å². The van der Waals surface area contributed by atoms with Gasteiger partial charge in [0.2, 0.25) is 0 Å². The highest BCUT2D eigenvalue weighted by Crippen LogP contribution is 2.20. The molecular weight excluding hydrogens is 221 g/mol. The molecule has 1 aromatic heterocycles. The summed E-state index contributed by atoms with van der Waals surface area (Å²) in [5.41, 5.74) is 1.12. The normalized spacial score (nSPS) is 10.4. The van der Waals surface area contributed by atoms with E-state index < -0.39 is 5.24 Å². The van der Waals surface area contributed by atoms with E-state index in [-0.39, 0.29) is 0 Å². The van der Waals surface area contributed by atoms with Crippen LogP contribution < -0.4 is 0 Å². The fourth-order valence-corrected chi connectivity index (χ4v) is 1.62. The van der Waals surface area contributed by atoms with Gasteiger partial charge in [-0.15, -0.1) is 0 Å². The molecule has 0 amide bonds. The number of nitrogens with zero attached hydrogens (tertiary/aromatic N) is 1. The van der Waals surface area contributed by atoms with Crippen molar-refractivity contribution in [3.8, 4) is 0 Å². The Bertz CT molecular complexity index is 510. The zero-order chi connectivity index (χ0) is 10.1. The number of hydrogen-bond acceptors (Lipinski definition) is 2. The Hall–Kier alpha value is -1.12. The minimum atomic E-state index is -0.486. The average Bonchev–Trinajstić information content (AvgIpc) is 2.16. The van der Waals surface area contributed by atoms with Crippen molar-refractivity contribution in [1.82, 2.24) is 4.98 Å². The van der Waals surface area contributed by atoms with E-state index in [9.17, 15) is 4.79 Å². The van der Waals surface area contributed by atoms with Crippen LogP contribution in [0, 0.1) is 0 Å². The molecule has 14 heavy (non-hydrogen) atoms. The first-order chi connectivity index (χ1) is 6.68. The van der Waals surface area contributed by atoms with E-state index in [1.165, 1.54) is 0 Å². The number of halogens is 2. The molecule has 0 aliphatic rings. The second-order valence-corrected chi connectivity index (χ2v) is 3.51. The van der Waals surface area contributed by atoms with Crippen LogP contribution in [0.2, 0.25) is 5.15 Å². The summed E-state index contributed by atoms with van der Waals surface area (Å²) in [5.74, 6) is 0. The van der Waals surface area contributed by atoms with E-state index in [1.807, 2.05) is 0 Å². The number of fused-ring (bicyclic) bond motifs is 1. The van der Waals surface area contributed by atoms with Crippen molar-refractivity contribution in [3.05, 3.63) is 41.0 Å². The van der Waals surface area contributed by atoms with Gasteiger partial charge in [-0.1, -0.05) is 17.7 Å². The Labute approximate surface area is 90.5 Å². The summed E-state index contributed by atoms with van der Waals surface area (Å²) >= 11 is 11.1. The summed E-state index contributed by atoms with van der Waals surface area (Å²) in [6.45, 7) is 0. The van der Waals surface area contributed by atoms with Gasteiger partial charge in [-0.2, -0.15) is 0 Å². The molecule has 0 bridgehead atoms. The summed E-state index contributed by atoms with van der Waals surface area (Å²) in [7, 11) is 0. The standard InChI is InChI=1S/C10H5Cl2NO/c11-9-5-4-6-7(10(12)14)2-1-3-8(6)13-9/h1-5H. The van der Waals surface area contributed by atoms with Gasteiger partial charge in [-0.3, -0.25) is 4.79 Å². The van der Waals surface area contributed by atoms with Crippen molar-refractivity contribution in [2.75, 3.05) is 0 Å². The van der Waals surface area contributed by atoms with Crippen LogP contribution in [0.15, 0.2) is 30.3 Å². The molecule has 0 N–H and O–H groups in total. The molecule has 0 spiro atoms. The van der Waals surface area contributed by atoms with Gasteiger partial charge in [0.25, 0.3) is 5.24 Å². The number of carbonyl (C=O) groups excluding carboxylic acids is 1. The molecule has 0 aliphatic carbocycles. The molecule has 70 valence electrons. The van der Waals surface area contributed by atoms with Crippen LogP contribution in [0.4, 0.5) is 0 Å². The zero-order valence-corrected chi connectivity index (χ0v) is 8.51. The summed E-state index contributed by atoms with van der Waals surface area (Å²) in [4.78, 5) is 15.1. The van der Waals surface area contributed by atoms with Crippen LogP contribution >= 0.6 is 23.2 Å². The minimum absolute atomic E-state index is 0.400. The fourth-order valence-electron chi connectivity index (χ4n) is 1.30. The van der Waals surface area contributed by atoms with Gasteiger partial charge < -0.3 is 0 Å². The van der Waals surface area contributed by atoms with Gasteiger partial charge >= 0.3 is 0 Å². The highest BCUT2D eigenvalue weighted by molar-refractivity contribution is 6.68. The van der Waals surface area contributed by atoms with E-state index in [2.05, 4.69) is 4.98 Å². The molecule has 0 saturated carbocycles. The lowest BCUT2D eigenvalue weighted by Crippen LogP contribution is -1.91. The maximum Gasteiger partial charge on any atom is 0.253 e. The number of rotatable bonds is 1. The van der Waals surface area contributed by atoms with Gasteiger partial charge in [0, 0.05) is 10.9 Å². The summed E-state index contributed by atoms with van der Waals surface area (Å²) in [6, 6.07) is 8.53. The van der Waals surface area contributed by atoms with Crippen molar-refractivity contribution in [2.24, 2.45) is 0 Å². The van der Waals surface area contributed by atoms with Gasteiger partial charge in [0.05, 0.1) is 5.52 Å². The van der Waals surface area contributed by atoms with Crippen molar-refractivity contribution < 1.29 is 4.79 Å². The number of pyridine rings is 1. The third-order valence-corrected chi connectivity index (χ3v) is 2.32. The van der Waals surface area contributed by atoms with Crippen LogP contribution in [0.5, 0.6) is 0 Å². The third-order valence-electron chi connectivity index (χ3n) is 1.91. The second kappa shape index (κ2) is 3.56. The highest BCUT2D eigenvalue weighted by Gasteiger charge is 2.07. The van der Waals surface area contributed by atoms with Crippen molar-refractivity contribution in [3.63, 3.8) is 0 Å². The van der Waals surface area contributed by atoms with Crippen LogP contribution in [0.1, 0.15) is 10.4 Å². The van der Waals surface area contributed by atoms with Crippen LogP contribution in [0.25, 0.3) is 10.9 Å². The van der Waals surface area contributed by atoms with Gasteiger partial charge in [0.15, 0.2) is 0 Å². The maximum absolute atomic E-state index is 11.0. The number of carbonyl (C=O) groups is 1. The van der Waals surface area contributed by atoms with Crippen molar-refractivity contribution in [2.45, 2.75) is 0 Å². The molecule has 0 saturated heterocycles. The van der Waals surface area contributed by atoms with Crippen LogP contribution in [-0.4, -0.2) is 10.2 Å². The second-order valence-electron chi connectivity index (χ2n) is 2.78. The van der Waals surface area contributed by atoms with E-state index in [4.69, 9.17) is 23.2 Å². The topological polar surface area (TPSA) is 30.0 Å². The summed E-state index contributed by atoms with van der Waals surface area (Å²) in [6.07, 6.45) is 0. The van der Waals surface area contributed by atoms with E-state index in [1.54, 1.807) is 30.3 Å². The number of hydrogen-bond donors (Lipinski definition) is 0. The molecule has 2 aromatic rings. The molecule has 0 aliphatic heterocycles. The molecular formula is C10H5Cl2NO. The Kier molecular flexibility index (Phi) is 2.40. The van der Waals surface area contributed by atoms with Gasteiger partial charge in [-0.05, 0) is 35.9 Å². The Morgan fingerprint density at radius 3 is 2.71 bits per heavy atom. The molecule has 0 fully saturated rings. The molecule has 4 heteroatoms. The number of aromatic nitrogens is 1. The zero-order valence-electron chi connectivity index (χ0n) is 7.00. The average molecular weight is 226 g/mol. The lowest BCUT2D eigenvalue weighted by molar-refractivity contribution is 0.108. The number of benzene rings is 1. The summed E-state index contributed by atoms with van der Waals surface area (Å²) < 4.78 is 0. The smallest absolute Gasteiger partial charge is 0.253 e. The molecule has 2 rings (SSSR count). The largest absolute Gasteiger partial charge is 0.276 e. The Balaban J connectivity index is 2.81. The molecule has 1 aromatic carbocycles. The summed E-state index contributed by atoms with van der Waals surface area (Å²) in [5, 5.41) is 0.633. The SMILES string of the molecule is O=C(Cl)c1cccc2nc(Cl)ccc12. The Morgan fingerprint density at radius 2 is 2.00 bits per heavy atom. The van der Waals surface area contributed by atoms with E-state index >= 15 is 0 Å². The molecule has 1 heterocycles. The first kappa shape index (κ1) is 9.44. The van der Waals surface area contributed by atoms with E-state index in [0.717, 1.165) is 5.39 Å².